The number of nitrogens with zero attached hydrogens (tertiary/aromatic N) is 2. The van der Waals surface area contributed by atoms with Crippen LogP contribution in [0.1, 0.15) is 22.8 Å². The molecule has 0 atom stereocenters. The summed E-state index contributed by atoms with van der Waals surface area (Å²) in [6.45, 7) is 2.28. The Bertz CT molecular complexity index is 1200. The summed E-state index contributed by atoms with van der Waals surface area (Å²) >= 11 is 8.02. The molecule has 0 aliphatic rings. The number of carbonyl (C=O) groups excluding carboxylic acids is 1. The van der Waals surface area contributed by atoms with Crippen molar-refractivity contribution in [3.63, 3.8) is 0 Å². The second-order valence-corrected chi connectivity index (χ2v) is 11.0. The lowest BCUT2D eigenvalue weighted by Gasteiger charge is -2.13. The highest BCUT2D eigenvalue weighted by molar-refractivity contribution is 7.99. The van der Waals surface area contributed by atoms with E-state index in [4.69, 9.17) is 11.6 Å². The minimum Gasteiger partial charge on any atom is -0.348 e. The van der Waals surface area contributed by atoms with Gasteiger partial charge in [0.15, 0.2) is 0 Å². The van der Waals surface area contributed by atoms with E-state index < -0.39 is 10.0 Å². The first-order chi connectivity index (χ1) is 15.2. The van der Waals surface area contributed by atoms with E-state index in [1.54, 1.807) is 23.9 Å². The lowest BCUT2D eigenvalue weighted by atomic mass is 10.1. The van der Waals surface area contributed by atoms with E-state index in [0.717, 1.165) is 21.3 Å². The Labute approximate surface area is 198 Å². The van der Waals surface area contributed by atoms with Crippen LogP contribution in [0.3, 0.4) is 0 Å². The molecular weight excluding hydrogens is 466 g/mol. The highest BCUT2D eigenvalue weighted by Crippen LogP contribution is 2.24. The summed E-state index contributed by atoms with van der Waals surface area (Å²) in [6, 6.07) is 16.1. The largest absolute Gasteiger partial charge is 0.348 e. The van der Waals surface area contributed by atoms with Crippen molar-refractivity contribution in [3.8, 4) is 11.3 Å². The van der Waals surface area contributed by atoms with Crippen LogP contribution in [0.4, 0.5) is 0 Å². The van der Waals surface area contributed by atoms with Gasteiger partial charge in [-0.1, -0.05) is 36.7 Å². The Balaban J connectivity index is 1.65. The quantitative estimate of drug-likeness (QED) is 0.464. The number of hydrogen-bond acceptors (Lipinski definition) is 5. The van der Waals surface area contributed by atoms with Crippen molar-refractivity contribution in [2.45, 2.75) is 23.3 Å². The van der Waals surface area contributed by atoms with Gasteiger partial charge in [0.25, 0.3) is 5.91 Å². The third-order valence-electron chi connectivity index (χ3n) is 4.73. The minimum absolute atomic E-state index is 0.101. The fraction of sp³-hybridized carbons (Fsp3) is 0.217. The molecule has 3 aromatic rings. The molecule has 0 aliphatic carbocycles. The van der Waals surface area contributed by atoms with Gasteiger partial charge in [-0.25, -0.2) is 12.7 Å². The van der Waals surface area contributed by atoms with E-state index in [9.17, 15) is 13.2 Å². The van der Waals surface area contributed by atoms with Crippen LogP contribution in [-0.2, 0) is 16.6 Å². The van der Waals surface area contributed by atoms with Crippen LogP contribution in [0.5, 0.6) is 0 Å². The van der Waals surface area contributed by atoms with E-state index >= 15 is 0 Å². The summed E-state index contributed by atoms with van der Waals surface area (Å²) in [5.41, 5.74) is 2.81. The number of thioether (sulfide) groups is 1. The molecule has 6 nitrogen and oxygen atoms in total. The van der Waals surface area contributed by atoms with Gasteiger partial charge >= 0.3 is 0 Å². The van der Waals surface area contributed by atoms with Crippen molar-refractivity contribution in [3.05, 3.63) is 76.9 Å². The molecular formula is C23H24ClN3O3S2. The first kappa shape index (κ1) is 24.3. The van der Waals surface area contributed by atoms with Gasteiger partial charge in [-0.05, 0) is 47.7 Å². The number of halogens is 1. The van der Waals surface area contributed by atoms with Gasteiger partial charge in [0.2, 0.25) is 10.0 Å². The van der Waals surface area contributed by atoms with Gasteiger partial charge in [-0.3, -0.25) is 9.78 Å². The van der Waals surface area contributed by atoms with Crippen molar-refractivity contribution in [1.29, 1.82) is 0 Å². The maximum absolute atomic E-state index is 12.5. The number of pyridine rings is 1. The third kappa shape index (κ3) is 5.69. The number of benzene rings is 2. The Hall–Kier alpha value is -2.39. The predicted octanol–water partition coefficient (Wildman–Crippen LogP) is 4.69. The zero-order valence-corrected chi connectivity index (χ0v) is 20.4. The van der Waals surface area contributed by atoms with Crippen LogP contribution < -0.4 is 5.32 Å². The second kappa shape index (κ2) is 10.5. The fourth-order valence-corrected chi connectivity index (χ4v) is 4.81. The standard InChI is InChI=1S/C23H24ClN3O3S2/c1-4-31-19-9-5-16(6-10-19)22-12-8-18(15-25-22)23(28)26-14-17-7-11-20(13-21(17)24)32(29,30)27(2)3/h5-13,15H,4,14H2,1-3H3,(H,26,28). The molecule has 2 aromatic carbocycles. The molecule has 0 spiro atoms. The maximum Gasteiger partial charge on any atom is 0.253 e. The zero-order chi connectivity index (χ0) is 23.3. The molecule has 0 aliphatic heterocycles. The van der Waals surface area contributed by atoms with Crippen LogP contribution in [-0.4, -0.2) is 43.5 Å². The highest BCUT2D eigenvalue weighted by Gasteiger charge is 2.18. The summed E-state index contributed by atoms with van der Waals surface area (Å²) in [7, 11) is -0.660. The number of nitrogens with one attached hydrogen (secondary N) is 1. The molecule has 0 saturated carbocycles. The van der Waals surface area contributed by atoms with Crippen LogP contribution in [0.15, 0.2) is 70.6 Å². The summed E-state index contributed by atoms with van der Waals surface area (Å²) in [5, 5.41) is 3.06. The first-order valence-electron chi connectivity index (χ1n) is 9.91. The molecule has 9 heteroatoms. The average molecular weight is 490 g/mol. The first-order valence-corrected chi connectivity index (χ1v) is 12.7. The SMILES string of the molecule is CCSc1ccc(-c2ccc(C(=O)NCc3ccc(S(=O)(=O)N(C)C)cc3Cl)cn2)cc1. The lowest BCUT2D eigenvalue weighted by molar-refractivity contribution is 0.0950. The number of carbonyl (C=O) groups is 1. The van der Waals surface area contributed by atoms with Crippen LogP contribution in [0.25, 0.3) is 11.3 Å². The van der Waals surface area contributed by atoms with Gasteiger partial charge < -0.3 is 5.32 Å². The fourth-order valence-electron chi connectivity index (χ4n) is 2.91. The molecule has 168 valence electrons. The second-order valence-electron chi connectivity index (χ2n) is 7.11. The van der Waals surface area contributed by atoms with Gasteiger partial charge in [0.1, 0.15) is 0 Å². The number of sulfonamides is 1. The topological polar surface area (TPSA) is 79.4 Å². The van der Waals surface area contributed by atoms with Gasteiger partial charge in [-0.2, -0.15) is 0 Å². The normalized spacial score (nSPS) is 11.5. The van der Waals surface area contributed by atoms with Crippen molar-refractivity contribution in [1.82, 2.24) is 14.6 Å². The summed E-state index contributed by atoms with van der Waals surface area (Å²) in [6.07, 6.45) is 1.54. The maximum atomic E-state index is 12.5. The van der Waals surface area contributed by atoms with Crippen LogP contribution in [0.2, 0.25) is 5.02 Å². The van der Waals surface area contributed by atoms with Gasteiger partial charge in [0.05, 0.1) is 16.2 Å². The Kier molecular flexibility index (Phi) is 7.95. The van der Waals surface area contributed by atoms with Crippen molar-refractivity contribution < 1.29 is 13.2 Å². The van der Waals surface area contributed by atoms with E-state index in [0.29, 0.717) is 11.1 Å². The third-order valence-corrected chi connectivity index (χ3v) is 7.79. The molecule has 1 N–H and O–H groups in total. The molecule has 0 unspecified atom stereocenters. The molecule has 3 rings (SSSR count). The van der Waals surface area contributed by atoms with E-state index in [1.165, 1.54) is 37.3 Å². The molecule has 0 bridgehead atoms. The highest BCUT2D eigenvalue weighted by atomic mass is 35.5. The molecule has 0 saturated heterocycles. The van der Waals surface area contributed by atoms with Crippen molar-refractivity contribution >= 4 is 39.3 Å². The number of rotatable bonds is 8. The smallest absolute Gasteiger partial charge is 0.253 e. The monoisotopic (exact) mass is 489 g/mol. The van der Waals surface area contributed by atoms with Gasteiger partial charge in [-0.15, -0.1) is 11.8 Å². The molecule has 0 fully saturated rings. The molecule has 0 radical (unpaired) electrons. The Morgan fingerprint density at radius 1 is 1.09 bits per heavy atom. The van der Waals surface area contributed by atoms with E-state index in [1.807, 2.05) is 18.2 Å². The van der Waals surface area contributed by atoms with Crippen LogP contribution in [0, 0.1) is 0 Å². The van der Waals surface area contributed by atoms with Crippen molar-refractivity contribution in [2.75, 3.05) is 19.8 Å². The van der Waals surface area contributed by atoms with Crippen LogP contribution >= 0.6 is 23.4 Å². The van der Waals surface area contributed by atoms with Crippen molar-refractivity contribution in [2.24, 2.45) is 0 Å². The van der Waals surface area contributed by atoms with E-state index in [-0.39, 0.29) is 22.4 Å². The number of aromatic nitrogens is 1. The number of amides is 1. The summed E-state index contributed by atoms with van der Waals surface area (Å²) < 4.78 is 25.5. The zero-order valence-electron chi connectivity index (χ0n) is 18.0. The Morgan fingerprint density at radius 3 is 2.38 bits per heavy atom. The van der Waals surface area contributed by atoms with E-state index in [2.05, 4.69) is 29.4 Å². The minimum atomic E-state index is -3.57. The molecule has 1 heterocycles. The summed E-state index contributed by atoms with van der Waals surface area (Å²) in [5.74, 6) is 0.728. The molecule has 1 amide bonds. The lowest BCUT2D eigenvalue weighted by Crippen LogP contribution is -2.24. The molecule has 32 heavy (non-hydrogen) atoms. The average Bonchev–Trinajstić information content (AvgIpc) is 2.78. The summed E-state index contributed by atoms with van der Waals surface area (Å²) in [4.78, 5) is 18.2. The number of hydrogen-bond donors (Lipinski definition) is 1. The molecule has 1 aromatic heterocycles. The Morgan fingerprint density at radius 2 is 1.81 bits per heavy atom. The van der Waals surface area contributed by atoms with Gasteiger partial charge in [0, 0.05) is 42.3 Å². The predicted molar refractivity (Wildman–Crippen MR) is 130 cm³/mol.